The fourth-order valence-corrected chi connectivity index (χ4v) is 3.12. The molecule has 0 bridgehead atoms. The Balaban J connectivity index is 1.85. The van der Waals surface area contributed by atoms with Crippen molar-refractivity contribution < 1.29 is 17.9 Å². The zero-order valence-corrected chi connectivity index (χ0v) is 12.6. The molecule has 0 aromatic carbocycles. The second-order valence-electron chi connectivity index (χ2n) is 5.14. The number of aromatic nitrogens is 2. The first-order chi connectivity index (χ1) is 10.4. The summed E-state index contributed by atoms with van der Waals surface area (Å²) in [6.45, 7) is 2.78. The molecule has 2 atom stereocenters. The molecular formula is C14H14F3N3OS. The van der Waals surface area contributed by atoms with E-state index in [1.165, 1.54) is 0 Å². The molecule has 2 unspecified atom stereocenters. The monoisotopic (exact) mass is 329 g/mol. The molecule has 1 fully saturated rings. The average Bonchev–Trinajstić information content (AvgIpc) is 3.00. The number of anilines is 1. The topological polar surface area (TPSA) is 38.2 Å². The van der Waals surface area contributed by atoms with Crippen LogP contribution >= 0.6 is 11.3 Å². The molecule has 2 aromatic heterocycles. The number of hydrogen-bond donors (Lipinski definition) is 0. The molecule has 0 aliphatic carbocycles. The minimum atomic E-state index is -4.47. The SMILES string of the molecule is CC1CN(c2nccc(C(F)(F)F)n2)CC(c2ccsc2)O1. The molecule has 0 saturated carbocycles. The van der Waals surface area contributed by atoms with Crippen LogP contribution in [0.5, 0.6) is 0 Å². The Hall–Kier alpha value is -1.67. The summed E-state index contributed by atoms with van der Waals surface area (Å²) in [5.74, 6) is 0.0882. The maximum Gasteiger partial charge on any atom is 0.433 e. The van der Waals surface area contributed by atoms with E-state index in [9.17, 15) is 13.2 Å². The molecule has 8 heteroatoms. The van der Waals surface area contributed by atoms with Crippen LogP contribution in [0, 0.1) is 0 Å². The zero-order chi connectivity index (χ0) is 15.7. The number of rotatable bonds is 2. The summed E-state index contributed by atoms with van der Waals surface area (Å²) in [4.78, 5) is 9.39. The van der Waals surface area contributed by atoms with Gasteiger partial charge in [-0.05, 0) is 35.4 Å². The normalized spacial score (nSPS) is 22.8. The second kappa shape index (κ2) is 5.85. The molecule has 0 amide bonds. The molecule has 4 nitrogen and oxygen atoms in total. The lowest BCUT2D eigenvalue weighted by Gasteiger charge is -2.36. The Labute approximate surface area is 129 Å². The number of halogens is 3. The van der Waals surface area contributed by atoms with Gasteiger partial charge in [-0.3, -0.25) is 0 Å². The standard InChI is InChI=1S/C14H14F3N3OS/c1-9-6-20(7-11(21-9)10-3-5-22-8-10)13-18-4-2-12(19-13)14(15,16)17/h2-5,8-9,11H,6-7H2,1H3. The van der Waals surface area contributed by atoms with Gasteiger partial charge in [0.15, 0.2) is 0 Å². The summed E-state index contributed by atoms with van der Waals surface area (Å²) in [5, 5.41) is 3.93. The predicted octanol–water partition coefficient (Wildman–Crippen LogP) is 3.52. The van der Waals surface area contributed by atoms with E-state index in [0.29, 0.717) is 13.1 Å². The van der Waals surface area contributed by atoms with Crippen molar-refractivity contribution in [3.05, 3.63) is 40.3 Å². The smallest absolute Gasteiger partial charge is 0.367 e. The van der Waals surface area contributed by atoms with Gasteiger partial charge >= 0.3 is 6.18 Å². The third-order valence-electron chi connectivity index (χ3n) is 3.39. The van der Waals surface area contributed by atoms with Crippen LogP contribution < -0.4 is 4.90 Å². The number of hydrogen-bond acceptors (Lipinski definition) is 5. The highest BCUT2D eigenvalue weighted by molar-refractivity contribution is 7.07. The van der Waals surface area contributed by atoms with Crippen LogP contribution in [0.1, 0.15) is 24.3 Å². The summed E-state index contributed by atoms with van der Waals surface area (Å²) >= 11 is 1.56. The molecule has 3 rings (SSSR count). The van der Waals surface area contributed by atoms with E-state index in [4.69, 9.17) is 4.74 Å². The van der Waals surface area contributed by atoms with E-state index in [2.05, 4.69) is 9.97 Å². The fraction of sp³-hybridized carbons (Fsp3) is 0.429. The van der Waals surface area contributed by atoms with Crippen LogP contribution in [0.15, 0.2) is 29.1 Å². The molecular weight excluding hydrogens is 315 g/mol. The lowest BCUT2D eigenvalue weighted by Crippen LogP contribution is -2.43. The maximum absolute atomic E-state index is 12.8. The molecule has 1 saturated heterocycles. The lowest BCUT2D eigenvalue weighted by atomic mass is 10.1. The van der Waals surface area contributed by atoms with Gasteiger partial charge in [0.2, 0.25) is 5.95 Å². The quantitative estimate of drug-likeness (QED) is 0.845. The third-order valence-corrected chi connectivity index (χ3v) is 4.09. The van der Waals surface area contributed by atoms with Gasteiger partial charge in [-0.1, -0.05) is 0 Å². The Kier molecular flexibility index (Phi) is 4.05. The predicted molar refractivity (Wildman–Crippen MR) is 76.9 cm³/mol. The highest BCUT2D eigenvalue weighted by atomic mass is 32.1. The second-order valence-corrected chi connectivity index (χ2v) is 5.92. The van der Waals surface area contributed by atoms with Gasteiger partial charge in [-0.15, -0.1) is 0 Å². The first-order valence-electron chi connectivity index (χ1n) is 6.76. The summed E-state index contributed by atoms with van der Waals surface area (Å²) in [7, 11) is 0. The van der Waals surface area contributed by atoms with Crippen LogP contribution in [0.2, 0.25) is 0 Å². The van der Waals surface area contributed by atoms with E-state index in [1.54, 1.807) is 16.2 Å². The minimum absolute atomic E-state index is 0.0882. The third kappa shape index (κ3) is 3.22. The van der Waals surface area contributed by atoms with E-state index < -0.39 is 11.9 Å². The van der Waals surface area contributed by atoms with Crippen LogP contribution in [0.25, 0.3) is 0 Å². The van der Waals surface area contributed by atoms with Crippen molar-refractivity contribution in [3.8, 4) is 0 Å². The molecule has 0 N–H and O–H groups in total. The number of morpholine rings is 1. The molecule has 2 aromatic rings. The lowest BCUT2D eigenvalue weighted by molar-refractivity contribution is -0.141. The fourth-order valence-electron chi connectivity index (χ4n) is 2.42. The minimum Gasteiger partial charge on any atom is -0.367 e. The number of thiophene rings is 1. The summed E-state index contributed by atoms with van der Waals surface area (Å²) in [5.41, 5.74) is 0.0947. The molecule has 22 heavy (non-hydrogen) atoms. The van der Waals surface area contributed by atoms with Crippen LogP contribution in [0.4, 0.5) is 19.1 Å². The Bertz CT molecular complexity index is 633. The van der Waals surface area contributed by atoms with Gasteiger partial charge in [0, 0.05) is 12.7 Å². The number of ether oxygens (including phenoxy) is 1. The van der Waals surface area contributed by atoms with Gasteiger partial charge in [-0.2, -0.15) is 24.5 Å². The molecule has 0 spiro atoms. The molecule has 3 heterocycles. The largest absolute Gasteiger partial charge is 0.433 e. The highest BCUT2D eigenvalue weighted by Crippen LogP contribution is 2.31. The van der Waals surface area contributed by atoms with Crippen molar-refractivity contribution in [1.29, 1.82) is 0 Å². The van der Waals surface area contributed by atoms with E-state index in [1.807, 2.05) is 23.8 Å². The summed E-state index contributed by atoms with van der Waals surface area (Å²) in [6.07, 6.45) is -3.63. The molecule has 1 aliphatic rings. The van der Waals surface area contributed by atoms with Crippen molar-refractivity contribution >= 4 is 17.3 Å². The Morgan fingerprint density at radius 1 is 1.32 bits per heavy atom. The molecule has 1 aliphatic heterocycles. The van der Waals surface area contributed by atoms with Crippen LogP contribution in [-0.2, 0) is 10.9 Å². The van der Waals surface area contributed by atoms with Gasteiger partial charge in [-0.25, -0.2) is 9.97 Å². The van der Waals surface area contributed by atoms with Crippen molar-refractivity contribution in [1.82, 2.24) is 9.97 Å². The Morgan fingerprint density at radius 3 is 2.82 bits per heavy atom. The average molecular weight is 329 g/mol. The zero-order valence-electron chi connectivity index (χ0n) is 11.7. The van der Waals surface area contributed by atoms with Crippen LogP contribution in [0.3, 0.4) is 0 Å². The van der Waals surface area contributed by atoms with E-state index in [-0.39, 0.29) is 18.2 Å². The first kappa shape index (κ1) is 15.2. The molecule has 118 valence electrons. The van der Waals surface area contributed by atoms with Gasteiger partial charge in [0.25, 0.3) is 0 Å². The van der Waals surface area contributed by atoms with E-state index >= 15 is 0 Å². The first-order valence-corrected chi connectivity index (χ1v) is 7.70. The van der Waals surface area contributed by atoms with Gasteiger partial charge in [0.1, 0.15) is 11.8 Å². The van der Waals surface area contributed by atoms with Gasteiger partial charge in [0.05, 0.1) is 12.6 Å². The van der Waals surface area contributed by atoms with Crippen molar-refractivity contribution in [2.24, 2.45) is 0 Å². The van der Waals surface area contributed by atoms with E-state index in [0.717, 1.165) is 17.8 Å². The summed E-state index contributed by atoms with van der Waals surface area (Å²) in [6, 6.07) is 2.84. The van der Waals surface area contributed by atoms with Crippen molar-refractivity contribution in [2.45, 2.75) is 25.3 Å². The summed E-state index contributed by atoms with van der Waals surface area (Å²) < 4.78 is 44.2. The number of alkyl halides is 3. The molecule has 0 radical (unpaired) electrons. The number of nitrogens with zero attached hydrogens (tertiary/aromatic N) is 3. The van der Waals surface area contributed by atoms with Crippen molar-refractivity contribution in [2.75, 3.05) is 18.0 Å². The van der Waals surface area contributed by atoms with Gasteiger partial charge < -0.3 is 9.64 Å². The van der Waals surface area contributed by atoms with Crippen LogP contribution in [-0.4, -0.2) is 29.2 Å². The highest BCUT2D eigenvalue weighted by Gasteiger charge is 2.34. The maximum atomic E-state index is 12.8. The van der Waals surface area contributed by atoms with Crippen molar-refractivity contribution in [3.63, 3.8) is 0 Å². The Morgan fingerprint density at radius 2 is 2.14 bits per heavy atom.